The number of aromatic nitrogens is 2. The first-order valence-electron chi connectivity index (χ1n) is 10.1. The number of hydrogen-bond acceptors (Lipinski definition) is 6. The third-order valence-corrected chi connectivity index (χ3v) is 5.55. The van der Waals surface area contributed by atoms with E-state index in [0.717, 1.165) is 11.1 Å². The van der Waals surface area contributed by atoms with Gasteiger partial charge in [-0.2, -0.15) is 0 Å². The van der Waals surface area contributed by atoms with E-state index < -0.39 is 5.97 Å². The number of carboxylic acid groups (broad SMARTS) is 1. The van der Waals surface area contributed by atoms with Gasteiger partial charge < -0.3 is 15.3 Å². The van der Waals surface area contributed by atoms with E-state index in [4.69, 9.17) is 0 Å². The Morgan fingerprint density at radius 3 is 2.25 bits per heavy atom. The van der Waals surface area contributed by atoms with Gasteiger partial charge in [-0.05, 0) is 43.0 Å². The van der Waals surface area contributed by atoms with E-state index in [9.17, 15) is 14.7 Å². The van der Waals surface area contributed by atoms with Crippen LogP contribution >= 0.6 is 11.8 Å². The summed E-state index contributed by atoms with van der Waals surface area (Å²) in [5.41, 5.74) is 4.02. The molecule has 32 heavy (non-hydrogen) atoms. The number of anilines is 2. The second-order valence-corrected chi connectivity index (χ2v) is 8.41. The molecule has 166 valence electrons. The van der Waals surface area contributed by atoms with E-state index in [0.29, 0.717) is 39.9 Å². The molecule has 0 radical (unpaired) electrons. The molecule has 0 fully saturated rings. The van der Waals surface area contributed by atoms with Crippen LogP contribution in [0.25, 0.3) is 0 Å². The van der Waals surface area contributed by atoms with Crippen LogP contribution in [0.15, 0.2) is 53.6 Å². The fourth-order valence-electron chi connectivity index (χ4n) is 3.22. The molecule has 1 heterocycles. The number of amides is 1. The third-order valence-electron chi connectivity index (χ3n) is 4.83. The van der Waals surface area contributed by atoms with Gasteiger partial charge in [-0.15, -0.1) is 11.8 Å². The number of nitrogens with zero attached hydrogens (tertiary/aromatic N) is 3. The number of carbonyl (C=O) groups is 2. The van der Waals surface area contributed by atoms with Gasteiger partial charge in [0.25, 0.3) is 5.91 Å². The molecule has 2 N–H and O–H groups in total. The number of rotatable bonds is 8. The van der Waals surface area contributed by atoms with Crippen molar-refractivity contribution in [1.82, 2.24) is 9.97 Å². The third kappa shape index (κ3) is 5.85. The number of carboxylic acids is 1. The SMILES string of the molecule is CSc1nc(Cc2ccc(NC(=O)c3ccc(C)cc3)cc2)nc(N(C)C)c1CC(=O)O. The van der Waals surface area contributed by atoms with Crippen LogP contribution in [0, 0.1) is 6.92 Å². The smallest absolute Gasteiger partial charge is 0.308 e. The summed E-state index contributed by atoms with van der Waals surface area (Å²) in [6.45, 7) is 1.98. The second-order valence-electron chi connectivity index (χ2n) is 7.61. The average molecular weight is 451 g/mol. The van der Waals surface area contributed by atoms with Crippen molar-refractivity contribution in [3.05, 3.63) is 76.6 Å². The van der Waals surface area contributed by atoms with Gasteiger partial charge in [-0.1, -0.05) is 29.8 Å². The zero-order valence-corrected chi connectivity index (χ0v) is 19.4. The van der Waals surface area contributed by atoms with E-state index >= 15 is 0 Å². The Labute approximate surface area is 191 Å². The van der Waals surface area contributed by atoms with Crippen molar-refractivity contribution in [1.29, 1.82) is 0 Å². The summed E-state index contributed by atoms with van der Waals surface area (Å²) < 4.78 is 0. The molecule has 0 aliphatic rings. The molecule has 0 atom stereocenters. The lowest BCUT2D eigenvalue weighted by Crippen LogP contribution is -2.18. The Balaban J connectivity index is 1.77. The van der Waals surface area contributed by atoms with Crippen molar-refractivity contribution in [2.75, 3.05) is 30.6 Å². The molecule has 3 rings (SSSR count). The highest BCUT2D eigenvalue weighted by molar-refractivity contribution is 7.98. The lowest BCUT2D eigenvalue weighted by molar-refractivity contribution is -0.136. The van der Waals surface area contributed by atoms with Gasteiger partial charge in [0.2, 0.25) is 0 Å². The fourth-order valence-corrected chi connectivity index (χ4v) is 3.82. The molecule has 8 heteroatoms. The van der Waals surface area contributed by atoms with Gasteiger partial charge in [0.05, 0.1) is 6.42 Å². The first kappa shape index (κ1) is 23.3. The van der Waals surface area contributed by atoms with E-state index in [1.54, 1.807) is 12.1 Å². The Kier molecular flexibility index (Phi) is 7.48. The standard InChI is InChI=1S/C24H26N4O3S/c1-15-5-9-17(10-6-15)23(31)25-18-11-7-16(8-12-18)13-20-26-22(28(2)3)19(14-21(29)30)24(27-20)32-4/h5-12H,13-14H2,1-4H3,(H,25,31)(H,29,30). The second kappa shape index (κ2) is 10.3. The maximum atomic E-state index is 12.4. The summed E-state index contributed by atoms with van der Waals surface area (Å²) in [5, 5.41) is 12.8. The highest BCUT2D eigenvalue weighted by Gasteiger charge is 2.18. The first-order valence-corrected chi connectivity index (χ1v) is 11.3. The minimum atomic E-state index is -0.914. The maximum absolute atomic E-state index is 12.4. The van der Waals surface area contributed by atoms with Gasteiger partial charge in [-0.3, -0.25) is 9.59 Å². The average Bonchev–Trinajstić information content (AvgIpc) is 2.75. The summed E-state index contributed by atoms with van der Waals surface area (Å²) in [7, 11) is 3.68. The van der Waals surface area contributed by atoms with Gasteiger partial charge in [0, 0.05) is 37.3 Å². The summed E-state index contributed by atoms with van der Waals surface area (Å²) in [6.07, 6.45) is 2.25. The quantitative estimate of drug-likeness (QED) is 0.395. The molecular weight excluding hydrogens is 424 g/mol. The Bertz CT molecular complexity index is 1110. The molecule has 1 amide bonds. The highest BCUT2D eigenvalue weighted by atomic mass is 32.2. The number of thioether (sulfide) groups is 1. The summed E-state index contributed by atoms with van der Waals surface area (Å²) in [5.74, 6) is 0.158. The van der Waals surface area contributed by atoms with Gasteiger partial charge in [-0.25, -0.2) is 9.97 Å². The first-order chi connectivity index (χ1) is 15.3. The number of nitrogens with one attached hydrogen (secondary N) is 1. The number of hydrogen-bond donors (Lipinski definition) is 2. The molecule has 0 aliphatic carbocycles. The van der Waals surface area contributed by atoms with Crippen LogP contribution in [0.1, 0.15) is 32.9 Å². The molecule has 0 spiro atoms. The molecule has 0 unspecified atom stereocenters. The van der Waals surface area contributed by atoms with E-state index in [2.05, 4.69) is 15.3 Å². The van der Waals surface area contributed by atoms with Crippen LogP contribution in [0.3, 0.4) is 0 Å². The van der Waals surface area contributed by atoms with Gasteiger partial charge in [0.15, 0.2) is 0 Å². The zero-order chi connectivity index (χ0) is 23.3. The number of benzene rings is 2. The lowest BCUT2D eigenvalue weighted by atomic mass is 10.1. The minimum absolute atomic E-state index is 0.126. The summed E-state index contributed by atoms with van der Waals surface area (Å²) >= 11 is 1.41. The van der Waals surface area contributed by atoms with Crippen LogP contribution < -0.4 is 10.2 Å². The van der Waals surface area contributed by atoms with Crippen molar-refractivity contribution < 1.29 is 14.7 Å². The number of aliphatic carboxylic acids is 1. The van der Waals surface area contributed by atoms with Crippen molar-refractivity contribution >= 4 is 35.1 Å². The molecule has 0 saturated heterocycles. The normalized spacial score (nSPS) is 10.6. The van der Waals surface area contributed by atoms with E-state index in [-0.39, 0.29) is 12.3 Å². The predicted molar refractivity (Wildman–Crippen MR) is 128 cm³/mol. The monoisotopic (exact) mass is 450 g/mol. The molecular formula is C24H26N4O3S. The van der Waals surface area contributed by atoms with Crippen molar-refractivity contribution in [3.8, 4) is 0 Å². The van der Waals surface area contributed by atoms with Gasteiger partial charge in [0.1, 0.15) is 16.7 Å². The Morgan fingerprint density at radius 1 is 1.03 bits per heavy atom. The van der Waals surface area contributed by atoms with Crippen molar-refractivity contribution in [3.63, 3.8) is 0 Å². The molecule has 0 aliphatic heterocycles. The minimum Gasteiger partial charge on any atom is -0.481 e. The van der Waals surface area contributed by atoms with Crippen molar-refractivity contribution in [2.45, 2.75) is 24.8 Å². The molecule has 3 aromatic rings. The maximum Gasteiger partial charge on any atom is 0.308 e. The highest BCUT2D eigenvalue weighted by Crippen LogP contribution is 2.27. The summed E-state index contributed by atoms with van der Waals surface area (Å²) in [6, 6.07) is 15.0. The Hall–Kier alpha value is -3.39. The molecule has 7 nitrogen and oxygen atoms in total. The number of aryl methyl sites for hydroxylation is 1. The lowest BCUT2D eigenvalue weighted by Gasteiger charge is -2.18. The van der Waals surface area contributed by atoms with E-state index in [1.807, 2.05) is 68.6 Å². The van der Waals surface area contributed by atoms with Crippen LogP contribution in [0.2, 0.25) is 0 Å². The van der Waals surface area contributed by atoms with Crippen LogP contribution in [-0.2, 0) is 17.6 Å². The predicted octanol–water partition coefficient (Wildman–Crippen LogP) is 4.04. The molecule has 1 aromatic heterocycles. The van der Waals surface area contributed by atoms with Crippen LogP contribution in [0.4, 0.5) is 11.5 Å². The Morgan fingerprint density at radius 2 is 1.69 bits per heavy atom. The largest absolute Gasteiger partial charge is 0.481 e. The van der Waals surface area contributed by atoms with Crippen molar-refractivity contribution in [2.24, 2.45) is 0 Å². The molecule has 0 bridgehead atoms. The van der Waals surface area contributed by atoms with E-state index in [1.165, 1.54) is 11.8 Å². The topological polar surface area (TPSA) is 95.4 Å². The zero-order valence-electron chi connectivity index (χ0n) is 18.5. The summed E-state index contributed by atoms with van der Waals surface area (Å²) in [4.78, 5) is 34.7. The fraction of sp³-hybridized carbons (Fsp3) is 0.250. The van der Waals surface area contributed by atoms with Crippen LogP contribution in [0.5, 0.6) is 0 Å². The van der Waals surface area contributed by atoms with Gasteiger partial charge >= 0.3 is 5.97 Å². The van der Waals surface area contributed by atoms with Crippen LogP contribution in [-0.4, -0.2) is 47.3 Å². The molecule has 0 saturated carbocycles. The molecule has 2 aromatic carbocycles. The number of carbonyl (C=O) groups excluding carboxylic acids is 1.